The number of hydrogen-bond acceptors (Lipinski definition) is 2. The summed E-state index contributed by atoms with van der Waals surface area (Å²) in [5.74, 6) is -0.382. The first-order valence-electron chi connectivity index (χ1n) is 4.83. The van der Waals surface area contributed by atoms with E-state index in [0.29, 0.717) is 5.33 Å². The SMILES string of the molecule is CC(=O)C(Cl)c1cc(CBr)ccc1SC(F)(F)F. The van der Waals surface area contributed by atoms with E-state index in [0.717, 1.165) is 5.56 Å². The number of alkyl halides is 5. The van der Waals surface area contributed by atoms with Crippen LogP contribution >= 0.6 is 39.3 Å². The molecule has 0 aromatic heterocycles. The molecule has 0 N–H and O–H groups in total. The monoisotopic (exact) mass is 360 g/mol. The average Bonchev–Trinajstić information content (AvgIpc) is 2.26. The van der Waals surface area contributed by atoms with E-state index >= 15 is 0 Å². The summed E-state index contributed by atoms with van der Waals surface area (Å²) in [6.45, 7) is 1.25. The van der Waals surface area contributed by atoms with Crippen LogP contribution in [0.15, 0.2) is 23.1 Å². The van der Waals surface area contributed by atoms with Gasteiger partial charge in [0.1, 0.15) is 5.38 Å². The Hall–Kier alpha value is -0.200. The third kappa shape index (κ3) is 4.48. The topological polar surface area (TPSA) is 17.1 Å². The van der Waals surface area contributed by atoms with Crippen LogP contribution in [0.4, 0.5) is 13.2 Å². The lowest BCUT2D eigenvalue weighted by atomic mass is 10.1. The maximum absolute atomic E-state index is 12.4. The molecule has 0 aliphatic heterocycles. The van der Waals surface area contributed by atoms with Gasteiger partial charge in [-0.3, -0.25) is 4.79 Å². The van der Waals surface area contributed by atoms with Crippen LogP contribution in [-0.2, 0) is 10.1 Å². The lowest BCUT2D eigenvalue weighted by Crippen LogP contribution is -2.07. The molecule has 0 aliphatic rings. The molecule has 1 aromatic carbocycles. The Kier molecular flexibility index (Phi) is 5.55. The zero-order valence-electron chi connectivity index (χ0n) is 9.22. The number of benzene rings is 1. The standard InChI is InChI=1S/C11H9BrClF3OS/c1-6(17)10(13)8-4-7(5-12)2-3-9(8)18-11(14,15)16/h2-4,10H,5H2,1H3. The molecule has 1 rings (SSSR count). The van der Waals surface area contributed by atoms with E-state index in [1.165, 1.54) is 19.1 Å². The van der Waals surface area contributed by atoms with Gasteiger partial charge in [0.2, 0.25) is 0 Å². The number of ketones is 1. The molecule has 1 aromatic rings. The van der Waals surface area contributed by atoms with Crippen molar-refractivity contribution in [2.24, 2.45) is 0 Å². The Morgan fingerprint density at radius 1 is 1.50 bits per heavy atom. The predicted molar refractivity (Wildman–Crippen MR) is 70.3 cm³/mol. The minimum atomic E-state index is -4.40. The molecule has 0 saturated heterocycles. The van der Waals surface area contributed by atoms with Crippen LogP contribution in [-0.4, -0.2) is 11.3 Å². The van der Waals surface area contributed by atoms with Crippen molar-refractivity contribution >= 4 is 45.1 Å². The van der Waals surface area contributed by atoms with Gasteiger partial charge in [0.05, 0.1) is 0 Å². The summed E-state index contributed by atoms with van der Waals surface area (Å²) in [7, 11) is 0. The molecule has 0 bridgehead atoms. The first-order valence-corrected chi connectivity index (χ1v) is 7.21. The van der Waals surface area contributed by atoms with E-state index in [1.54, 1.807) is 6.07 Å². The normalized spacial score (nSPS) is 13.4. The third-order valence-corrected chi connectivity index (χ3v) is 4.10. The fourth-order valence-electron chi connectivity index (χ4n) is 1.32. The van der Waals surface area contributed by atoms with Crippen molar-refractivity contribution < 1.29 is 18.0 Å². The Balaban J connectivity index is 3.20. The van der Waals surface area contributed by atoms with Crippen LogP contribution < -0.4 is 0 Å². The smallest absolute Gasteiger partial charge is 0.298 e. The molecule has 0 spiro atoms. The van der Waals surface area contributed by atoms with E-state index in [4.69, 9.17) is 11.6 Å². The molecule has 0 aliphatic carbocycles. The third-order valence-electron chi connectivity index (χ3n) is 2.08. The second-order valence-corrected chi connectivity index (χ2v) is 5.63. The lowest BCUT2D eigenvalue weighted by Gasteiger charge is -2.14. The van der Waals surface area contributed by atoms with Crippen molar-refractivity contribution in [2.45, 2.75) is 28.0 Å². The van der Waals surface area contributed by atoms with Gasteiger partial charge in [-0.05, 0) is 35.9 Å². The summed E-state index contributed by atoms with van der Waals surface area (Å²) in [4.78, 5) is 11.2. The van der Waals surface area contributed by atoms with Crippen LogP contribution in [0.3, 0.4) is 0 Å². The number of halogens is 5. The number of carbonyl (C=O) groups excluding carboxylic acids is 1. The number of rotatable bonds is 4. The minimum Gasteiger partial charge on any atom is -0.298 e. The highest BCUT2D eigenvalue weighted by Gasteiger charge is 2.32. The van der Waals surface area contributed by atoms with Gasteiger partial charge in [-0.2, -0.15) is 13.2 Å². The number of Topliss-reactive ketones (excluding diaryl/α,β-unsaturated/α-hetero) is 1. The Morgan fingerprint density at radius 3 is 2.56 bits per heavy atom. The maximum atomic E-state index is 12.4. The highest BCUT2D eigenvalue weighted by atomic mass is 79.9. The molecule has 7 heteroatoms. The van der Waals surface area contributed by atoms with Crippen molar-refractivity contribution in [1.82, 2.24) is 0 Å². The Labute approximate surface area is 120 Å². The van der Waals surface area contributed by atoms with Gasteiger partial charge in [0.15, 0.2) is 5.78 Å². The molecular weight excluding hydrogens is 353 g/mol. The van der Waals surface area contributed by atoms with Gasteiger partial charge in [0.25, 0.3) is 0 Å². The number of thioether (sulfide) groups is 1. The summed E-state index contributed by atoms with van der Waals surface area (Å²) < 4.78 is 37.2. The summed E-state index contributed by atoms with van der Waals surface area (Å²) in [6.07, 6.45) is 0. The second kappa shape index (κ2) is 6.30. The van der Waals surface area contributed by atoms with E-state index in [2.05, 4.69) is 15.9 Å². The van der Waals surface area contributed by atoms with Gasteiger partial charge in [-0.15, -0.1) is 11.6 Å². The van der Waals surface area contributed by atoms with Gasteiger partial charge in [-0.25, -0.2) is 0 Å². The highest BCUT2D eigenvalue weighted by molar-refractivity contribution is 9.08. The van der Waals surface area contributed by atoms with Crippen LogP contribution in [0.5, 0.6) is 0 Å². The molecule has 18 heavy (non-hydrogen) atoms. The molecule has 0 amide bonds. The molecule has 1 atom stereocenters. The van der Waals surface area contributed by atoms with Crippen LogP contribution in [0, 0.1) is 0 Å². The van der Waals surface area contributed by atoms with E-state index in [9.17, 15) is 18.0 Å². The highest BCUT2D eigenvalue weighted by Crippen LogP contribution is 2.41. The van der Waals surface area contributed by atoms with Crippen molar-refractivity contribution in [2.75, 3.05) is 0 Å². The fraction of sp³-hybridized carbons (Fsp3) is 0.364. The molecule has 100 valence electrons. The van der Waals surface area contributed by atoms with Crippen molar-refractivity contribution in [3.8, 4) is 0 Å². The Bertz CT molecular complexity index is 450. The van der Waals surface area contributed by atoms with Gasteiger partial charge >= 0.3 is 5.51 Å². The average molecular weight is 362 g/mol. The molecule has 0 fully saturated rings. The summed E-state index contributed by atoms with van der Waals surface area (Å²) in [6, 6.07) is 4.42. The maximum Gasteiger partial charge on any atom is 0.446 e. The zero-order valence-corrected chi connectivity index (χ0v) is 12.4. The fourth-order valence-corrected chi connectivity index (χ4v) is 2.59. The van der Waals surface area contributed by atoms with Crippen LogP contribution in [0.2, 0.25) is 0 Å². The molecule has 1 unspecified atom stereocenters. The molecule has 0 saturated carbocycles. The summed E-state index contributed by atoms with van der Waals surface area (Å²) in [5, 5.41) is -0.577. The number of hydrogen-bond donors (Lipinski definition) is 0. The van der Waals surface area contributed by atoms with E-state index in [-0.39, 0.29) is 28.0 Å². The molecule has 1 nitrogen and oxygen atoms in total. The lowest BCUT2D eigenvalue weighted by molar-refractivity contribution is -0.116. The largest absolute Gasteiger partial charge is 0.446 e. The van der Waals surface area contributed by atoms with Gasteiger partial charge < -0.3 is 0 Å². The van der Waals surface area contributed by atoms with Crippen LogP contribution in [0.25, 0.3) is 0 Å². The molecular formula is C11H9BrClF3OS. The van der Waals surface area contributed by atoms with E-state index < -0.39 is 10.9 Å². The van der Waals surface area contributed by atoms with Crippen LogP contribution in [0.1, 0.15) is 23.4 Å². The molecule has 0 heterocycles. The molecule has 0 radical (unpaired) electrons. The zero-order chi connectivity index (χ0) is 13.9. The van der Waals surface area contributed by atoms with Gasteiger partial charge in [-0.1, -0.05) is 28.1 Å². The van der Waals surface area contributed by atoms with Crippen molar-refractivity contribution in [1.29, 1.82) is 0 Å². The first kappa shape index (κ1) is 15.9. The minimum absolute atomic E-state index is 0.0394. The first-order chi connectivity index (χ1) is 8.24. The van der Waals surface area contributed by atoms with E-state index in [1.807, 2.05) is 0 Å². The van der Waals surface area contributed by atoms with Crippen molar-refractivity contribution in [3.05, 3.63) is 29.3 Å². The van der Waals surface area contributed by atoms with Crippen molar-refractivity contribution in [3.63, 3.8) is 0 Å². The predicted octanol–water partition coefficient (Wildman–Crippen LogP) is 5.06. The second-order valence-electron chi connectivity index (χ2n) is 3.53. The quantitative estimate of drug-likeness (QED) is 0.550. The Morgan fingerprint density at radius 2 is 2.11 bits per heavy atom. The number of carbonyl (C=O) groups is 1. The van der Waals surface area contributed by atoms with Gasteiger partial charge in [0, 0.05) is 10.2 Å². The summed E-state index contributed by atoms with van der Waals surface area (Å²) >= 11 is 8.81. The summed E-state index contributed by atoms with van der Waals surface area (Å²) in [5.41, 5.74) is -3.44.